The minimum absolute atomic E-state index is 0. The molecule has 2 rings (SSSR count). The molecule has 1 aromatic heterocycles. The second-order valence-corrected chi connectivity index (χ2v) is 7.21. The van der Waals surface area contributed by atoms with Crippen molar-refractivity contribution in [1.29, 1.82) is 0 Å². The Morgan fingerprint density at radius 3 is 2.35 bits per heavy atom. The van der Waals surface area contributed by atoms with Crippen LogP contribution in [-0.4, -0.2) is 61.4 Å². The molecule has 0 aromatic carbocycles. The number of aromatic nitrogens is 1. The van der Waals surface area contributed by atoms with Crippen molar-refractivity contribution in [2.45, 2.75) is 31.6 Å². The number of nitrogens with two attached hydrogens (primary N) is 1. The molecule has 10 heteroatoms. The molecule has 0 unspecified atom stereocenters. The standard InChI is InChI=1S/C13H22N4O4S.ClH/c1-10-13(11(2)21-15-10)22(19,20)17-8-6-16(7-9-17)12(18)4-3-5-14;/h3-9,14H2,1-2H3;1H. The molecule has 132 valence electrons. The van der Waals surface area contributed by atoms with E-state index < -0.39 is 10.0 Å². The maximum absolute atomic E-state index is 12.6. The normalized spacial score (nSPS) is 16.2. The maximum Gasteiger partial charge on any atom is 0.248 e. The van der Waals surface area contributed by atoms with E-state index in [1.807, 2.05) is 0 Å². The van der Waals surface area contributed by atoms with Crippen LogP contribution < -0.4 is 5.73 Å². The van der Waals surface area contributed by atoms with Gasteiger partial charge < -0.3 is 15.2 Å². The van der Waals surface area contributed by atoms with Gasteiger partial charge in [-0.2, -0.15) is 4.31 Å². The van der Waals surface area contributed by atoms with E-state index in [4.69, 9.17) is 10.3 Å². The van der Waals surface area contributed by atoms with Gasteiger partial charge in [0.25, 0.3) is 0 Å². The van der Waals surface area contributed by atoms with Crippen LogP contribution in [0, 0.1) is 13.8 Å². The zero-order valence-electron chi connectivity index (χ0n) is 13.3. The van der Waals surface area contributed by atoms with Gasteiger partial charge in [-0.05, 0) is 26.8 Å². The minimum atomic E-state index is -3.63. The van der Waals surface area contributed by atoms with Crippen LogP contribution in [0.15, 0.2) is 9.42 Å². The second kappa shape index (κ2) is 8.09. The number of sulfonamides is 1. The lowest BCUT2D eigenvalue weighted by Crippen LogP contribution is -2.50. The number of piperazine rings is 1. The summed E-state index contributed by atoms with van der Waals surface area (Å²) in [6, 6.07) is 0. The van der Waals surface area contributed by atoms with Crippen LogP contribution in [0.1, 0.15) is 24.3 Å². The van der Waals surface area contributed by atoms with E-state index in [1.165, 1.54) is 4.31 Å². The van der Waals surface area contributed by atoms with Gasteiger partial charge in [0.15, 0.2) is 5.76 Å². The third-order valence-corrected chi connectivity index (χ3v) is 5.90. The van der Waals surface area contributed by atoms with E-state index in [0.29, 0.717) is 43.9 Å². The largest absolute Gasteiger partial charge is 0.360 e. The predicted molar refractivity (Wildman–Crippen MR) is 86.9 cm³/mol. The fourth-order valence-electron chi connectivity index (χ4n) is 2.56. The first-order chi connectivity index (χ1) is 10.4. The van der Waals surface area contributed by atoms with Crippen molar-refractivity contribution >= 4 is 28.3 Å². The van der Waals surface area contributed by atoms with Gasteiger partial charge in [0.1, 0.15) is 10.6 Å². The highest BCUT2D eigenvalue weighted by Crippen LogP contribution is 2.24. The molecule has 0 radical (unpaired) electrons. The quantitative estimate of drug-likeness (QED) is 0.801. The highest BCUT2D eigenvalue weighted by atomic mass is 35.5. The van der Waals surface area contributed by atoms with E-state index in [1.54, 1.807) is 18.7 Å². The Morgan fingerprint density at radius 1 is 1.26 bits per heavy atom. The zero-order chi connectivity index (χ0) is 16.3. The molecule has 1 aliphatic rings. The molecule has 2 heterocycles. The molecule has 1 amide bonds. The Kier molecular flexibility index (Phi) is 7.00. The van der Waals surface area contributed by atoms with Crippen LogP contribution in [0.5, 0.6) is 0 Å². The van der Waals surface area contributed by atoms with Gasteiger partial charge in [0.2, 0.25) is 15.9 Å². The molecule has 2 N–H and O–H groups in total. The topological polar surface area (TPSA) is 110 Å². The summed E-state index contributed by atoms with van der Waals surface area (Å²) in [6.07, 6.45) is 1.06. The third kappa shape index (κ3) is 4.23. The van der Waals surface area contributed by atoms with Crippen molar-refractivity contribution in [1.82, 2.24) is 14.4 Å². The van der Waals surface area contributed by atoms with Crippen molar-refractivity contribution in [3.63, 3.8) is 0 Å². The lowest BCUT2D eigenvalue weighted by atomic mass is 10.2. The first kappa shape index (κ1) is 19.9. The van der Waals surface area contributed by atoms with Crippen molar-refractivity contribution < 1.29 is 17.7 Å². The number of nitrogens with zero attached hydrogens (tertiary/aromatic N) is 3. The average molecular weight is 367 g/mol. The number of carbonyl (C=O) groups is 1. The summed E-state index contributed by atoms with van der Waals surface area (Å²) < 4.78 is 31.6. The number of aryl methyl sites for hydroxylation is 2. The predicted octanol–water partition coefficient (Wildman–Crippen LogP) is 0.285. The van der Waals surface area contributed by atoms with Gasteiger partial charge in [0, 0.05) is 32.6 Å². The van der Waals surface area contributed by atoms with Crippen LogP contribution >= 0.6 is 12.4 Å². The molecule has 0 aliphatic carbocycles. The molecule has 1 saturated heterocycles. The Morgan fingerprint density at radius 2 is 1.87 bits per heavy atom. The van der Waals surface area contributed by atoms with Crippen molar-refractivity contribution in [2.75, 3.05) is 32.7 Å². The van der Waals surface area contributed by atoms with Gasteiger partial charge >= 0.3 is 0 Å². The van der Waals surface area contributed by atoms with Crippen LogP contribution in [0.4, 0.5) is 0 Å². The summed E-state index contributed by atoms with van der Waals surface area (Å²) in [6.45, 7) is 5.02. The smallest absolute Gasteiger partial charge is 0.248 e. The summed E-state index contributed by atoms with van der Waals surface area (Å²) in [4.78, 5) is 13.8. The van der Waals surface area contributed by atoms with E-state index in [9.17, 15) is 13.2 Å². The van der Waals surface area contributed by atoms with E-state index in [-0.39, 0.29) is 36.3 Å². The Bertz CT molecular complexity index is 619. The summed E-state index contributed by atoms with van der Waals surface area (Å²) in [5.74, 6) is 0.318. The van der Waals surface area contributed by atoms with E-state index >= 15 is 0 Å². The highest BCUT2D eigenvalue weighted by Gasteiger charge is 2.33. The Hall–Kier alpha value is -1.16. The molecule has 0 spiro atoms. The molecule has 1 aromatic rings. The molecule has 0 atom stereocenters. The summed E-state index contributed by atoms with van der Waals surface area (Å²) in [7, 11) is -3.63. The van der Waals surface area contributed by atoms with Crippen LogP contribution in [0.3, 0.4) is 0 Å². The number of hydrogen-bond acceptors (Lipinski definition) is 6. The molecule has 1 aliphatic heterocycles. The second-order valence-electron chi connectivity index (χ2n) is 5.33. The molecule has 1 fully saturated rings. The molecule has 0 saturated carbocycles. The molecule has 23 heavy (non-hydrogen) atoms. The van der Waals surface area contributed by atoms with Crippen LogP contribution in [0.25, 0.3) is 0 Å². The SMILES string of the molecule is Cc1noc(C)c1S(=O)(=O)N1CCN(C(=O)CCCN)CC1.Cl. The highest BCUT2D eigenvalue weighted by molar-refractivity contribution is 7.89. The van der Waals surface area contributed by atoms with Gasteiger partial charge in [-0.3, -0.25) is 4.79 Å². The Balaban J connectivity index is 0.00000264. The number of rotatable bonds is 5. The van der Waals surface area contributed by atoms with Crippen molar-refractivity contribution in [2.24, 2.45) is 5.73 Å². The maximum atomic E-state index is 12.6. The number of amides is 1. The van der Waals surface area contributed by atoms with Crippen molar-refractivity contribution in [3.8, 4) is 0 Å². The number of halogens is 1. The fourth-order valence-corrected chi connectivity index (χ4v) is 4.27. The monoisotopic (exact) mass is 366 g/mol. The first-order valence-electron chi connectivity index (χ1n) is 7.28. The van der Waals surface area contributed by atoms with Gasteiger partial charge in [-0.15, -0.1) is 12.4 Å². The number of hydrogen-bond donors (Lipinski definition) is 1. The summed E-state index contributed by atoms with van der Waals surface area (Å²) in [5, 5.41) is 3.70. The molecule has 8 nitrogen and oxygen atoms in total. The third-order valence-electron chi connectivity index (χ3n) is 3.75. The van der Waals surface area contributed by atoms with Gasteiger partial charge in [-0.1, -0.05) is 5.16 Å². The molecular formula is C13H23ClN4O4S. The summed E-state index contributed by atoms with van der Waals surface area (Å²) >= 11 is 0. The average Bonchev–Trinajstić information content (AvgIpc) is 2.84. The fraction of sp³-hybridized carbons (Fsp3) is 0.692. The number of carbonyl (C=O) groups excluding carboxylic acids is 1. The van der Waals surface area contributed by atoms with Crippen molar-refractivity contribution in [3.05, 3.63) is 11.5 Å². The van der Waals surface area contributed by atoms with Gasteiger partial charge in [0.05, 0.1) is 0 Å². The molecular weight excluding hydrogens is 344 g/mol. The first-order valence-corrected chi connectivity index (χ1v) is 8.72. The summed E-state index contributed by atoms with van der Waals surface area (Å²) in [5.41, 5.74) is 5.76. The lowest BCUT2D eigenvalue weighted by Gasteiger charge is -2.34. The van der Waals surface area contributed by atoms with Crippen LogP contribution in [0.2, 0.25) is 0 Å². The molecule has 0 bridgehead atoms. The van der Waals surface area contributed by atoms with E-state index in [0.717, 1.165) is 0 Å². The lowest BCUT2D eigenvalue weighted by molar-refractivity contribution is -0.132. The minimum Gasteiger partial charge on any atom is -0.360 e. The Labute approximate surface area is 142 Å². The van der Waals surface area contributed by atoms with Gasteiger partial charge in [-0.25, -0.2) is 8.42 Å². The van der Waals surface area contributed by atoms with Crippen LogP contribution in [-0.2, 0) is 14.8 Å². The zero-order valence-corrected chi connectivity index (χ0v) is 15.0. The van der Waals surface area contributed by atoms with E-state index in [2.05, 4.69) is 5.16 Å².